The van der Waals surface area contributed by atoms with Gasteiger partial charge in [-0.1, -0.05) is 49.2 Å². The smallest absolute Gasteiger partial charge is 0.408 e. The van der Waals surface area contributed by atoms with Crippen molar-refractivity contribution in [2.75, 3.05) is 13.2 Å². The Hall–Kier alpha value is -4.54. The van der Waals surface area contributed by atoms with E-state index in [1.54, 1.807) is 27.7 Å². The van der Waals surface area contributed by atoms with E-state index in [0.717, 1.165) is 21.7 Å². The fourth-order valence-corrected chi connectivity index (χ4v) is 7.57. The number of Topliss-reactive ketones (excluding diaryl/α,β-unsaturated/α-hetero) is 2. The largest absolute Gasteiger partial charge is 0.472 e. The lowest BCUT2D eigenvalue weighted by Crippen LogP contribution is -2.52. The van der Waals surface area contributed by atoms with Gasteiger partial charge in [-0.05, 0) is 70.4 Å². The van der Waals surface area contributed by atoms with E-state index in [2.05, 4.69) is 5.32 Å². The number of hydrogen-bond donors (Lipinski definition) is 1. The van der Waals surface area contributed by atoms with Gasteiger partial charge in [0.05, 0.1) is 30.1 Å². The molecule has 1 N–H and O–H groups in total. The topological polar surface area (TPSA) is 141 Å². The van der Waals surface area contributed by atoms with Crippen molar-refractivity contribution in [3.63, 3.8) is 0 Å². The number of ketones is 2. The fraction of sp³-hybridized carbons (Fsp3) is 0.538. The van der Waals surface area contributed by atoms with Gasteiger partial charge < -0.3 is 24.4 Å². The molecule has 11 heteroatoms. The Morgan fingerprint density at radius 1 is 0.980 bits per heavy atom. The average Bonchev–Trinajstić information content (AvgIpc) is 3.57. The number of aromatic nitrogens is 1. The number of esters is 1. The number of para-hydroxylation sites is 1. The lowest BCUT2D eigenvalue weighted by molar-refractivity contribution is -0.153. The number of nitrogens with zero attached hydrogens (tertiary/aromatic N) is 2. The van der Waals surface area contributed by atoms with Crippen molar-refractivity contribution < 1.29 is 38.2 Å². The average molecular weight is 686 g/mol. The van der Waals surface area contributed by atoms with Crippen LogP contribution in [0.25, 0.3) is 21.7 Å². The molecule has 11 nitrogen and oxygen atoms in total. The van der Waals surface area contributed by atoms with Gasteiger partial charge in [0.2, 0.25) is 11.8 Å². The van der Waals surface area contributed by atoms with Gasteiger partial charge in [-0.15, -0.1) is 0 Å². The molecule has 50 heavy (non-hydrogen) atoms. The van der Waals surface area contributed by atoms with Gasteiger partial charge in [-0.2, -0.15) is 0 Å². The van der Waals surface area contributed by atoms with Gasteiger partial charge in [0.15, 0.2) is 5.78 Å². The minimum Gasteiger partial charge on any atom is -0.472 e. The van der Waals surface area contributed by atoms with E-state index >= 15 is 0 Å². The van der Waals surface area contributed by atoms with Crippen LogP contribution in [0, 0.1) is 11.3 Å². The van der Waals surface area contributed by atoms with Crippen molar-refractivity contribution in [2.24, 2.45) is 11.3 Å². The molecule has 1 aromatic heterocycles. The standard InChI is InChI=1S/C39H47N3O8/c1-5-48-36(46)39-21-24(39)19-25(43)13-7-6-8-18-31(41-37(47)50-38(2,3)4)35(45)42-23-26(20-32(42)33(44)22-39)49-34-29-16-10-9-14-27(29)28-15-11-12-17-30(28)40-34/h9-12,14-17,24,26,31-32H,5-8,13,18-23H2,1-4H3,(H,41,47)/t24-,26-,31+,32+,39-/m1/s1. The first-order chi connectivity index (χ1) is 23.9. The Bertz CT molecular complexity index is 1800. The maximum Gasteiger partial charge on any atom is 0.408 e. The van der Waals surface area contributed by atoms with Gasteiger partial charge in [-0.3, -0.25) is 19.2 Å². The molecule has 1 aliphatic carbocycles. The molecule has 5 atom stereocenters. The molecule has 0 unspecified atom stereocenters. The number of benzene rings is 2. The lowest BCUT2D eigenvalue weighted by atomic mass is 9.90. The van der Waals surface area contributed by atoms with Crippen LogP contribution in [0.15, 0.2) is 48.5 Å². The summed E-state index contributed by atoms with van der Waals surface area (Å²) in [6.07, 6.45) is 1.85. The molecule has 2 aromatic carbocycles. The van der Waals surface area contributed by atoms with Crippen LogP contribution in [-0.4, -0.2) is 76.4 Å². The second-order valence-electron chi connectivity index (χ2n) is 14.9. The molecule has 3 fully saturated rings. The predicted molar refractivity (Wildman–Crippen MR) is 186 cm³/mol. The molecule has 6 rings (SSSR count). The van der Waals surface area contributed by atoms with Gasteiger partial charge in [0.1, 0.15) is 23.5 Å². The first-order valence-corrected chi connectivity index (χ1v) is 17.8. The van der Waals surface area contributed by atoms with Crippen molar-refractivity contribution in [3.8, 4) is 5.88 Å². The van der Waals surface area contributed by atoms with Crippen LogP contribution >= 0.6 is 0 Å². The number of alkyl carbamates (subject to hydrolysis) is 1. The number of nitrogens with one attached hydrogen (secondary N) is 1. The molecule has 2 aliphatic heterocycles. The summed E-state index contributed by atoms with van der Waals surface area (Å²) in [6, 6.07) is 13.7. The van der Waals surface area contributed by atoms with Crippen LogP contribution in [0.2, 0.25) is 0 Å². The second kappa shape index (κ2) is 14.4. The quantitative estimate of drug-likeness (QED) is 0.250. The monoisotopic (exact) mass is 685 g/mol. The first kappa shape index (κ1) is 35.3. The highest BCUT2D eigenvalue weighted by Gasteiger charge is 2.63. The highest BCUT2D eigenvalue weighted by Crippen LogP contribution is 2.58. The molecular weight excluding hydrogens is 638 g/mol. The minimum atomic E-state index is -1.10. The van der Waals surface area contributed by atoms with E-state index < -0.39 is 47.2 Å². The summed E-state index contributed by atoms with van der Waals surface area (Å²) in [7, 11) is 0. The summed E-state index contributed by atoms with van der Waals surface area (Å²) < 4.78 is 17.5. The molecule has 266 valence electrons. The van der Waals surface area contributed by atoms with Crippen LogP contribution in [0.4, 0.5) is 4.79 Å². The zero-order valence-electron chi connectivity index (χ0n) is 29.4. The van der Waals surface area contributed by atoms with Crippen molar-refractivity contribution in [1.82, 2.24) is 15.2 Å². The Morgan fingerprint density at radius 2 is 1.70 bits per heavy atom. The van der Waals surface area contributed by atoms with Gasteiger partial charge in [-0.25, -0.2) is 9.78 Å². The molecule has 3 aliphatic rings. The van der Waals surface area contributed by atoms with E-state index in [1.165, 1.54) is 4.90 Å². The van der Waals surface area contributed by atoms with Crippen molar-refractivity contribution in [3.05, 3.63) is 48.5 Å². The SMILES string of the molecule is CCOC(=O)[C@]12CC(=O)[C@@H]3C[C@@H](Oc4nc5ccccc5c5ccccc45)CN3C(=O)[C@@H](NC(=O)OC(C)(C)C)CCCCCC(=O)C[C@@H]1C2. The number of hydrogen-bond acceptors (Lipinski definition) is 9. The van der Waals surface area contributed by atoms with E-state index in [-0.39, 0.29) is 49.9 Å². The molecule has 3 heterocycles. The van der Waals surface area contributed by atoms with Gasteiger partial charge in [0, 0.05) is 36.5 Å². The molecule has 0 radical (unpaired) electrons. The number of ether oxygens (including phenoxy) is 3. The lowest BCUT2D eigenvalue weighted by Gasteiger charge is -2.30. The normalized spacial score (nSPS) is 26.4. The maximum atomic E-state index is 14.4. The molecule has 0 spiro atoms. The summed E-state index contributed by atoms with van der Waals surface area (Å²) in [5.74, 6) is -1.02. The molecule has 0 bridgehead atoms. The Morgan fingerprint density at radius 3 is 2.44 bits per heavy atom. The van der Waals surface area contributed by atoms with E-state index in [1.807, 2.05) is 48.5 Å². The van der Waals surface area contributed by atoms with Crippen molar-refractivity contribution in [2.45, 2.75) is 109 Å². The number of amides is 2. The van der Waals surface area contributed by atoms with Crippen molar-refractivity contribution in [1.29, 1.82) is 0 Å². The Kier molecular flexibility index (Phi) is 10.1. The van der Waals surface area contributed by atoms with Crippen molar-refractivity contribution >= 4 is 51.2 Å². The van der Waals surface area contributed by atoms with Crippen LogP contribution < -0.4 is 10.1 Å². The molecule has 1 saturated carbocycles. The Balaban J connectivity index is 1.34. The van der Waals surface area contributed by atoms with E-state index in [4.69, 9.17) is 19.2 Å². The summed E-state index contributed by atoms with van der Waals surface area (Å²) >= 11 is 0. The zero-order chi connectivity index (χ0) is 35.6. The molecule has 3 aromatic rings. The Labute approximate surface area is 292 Å². The van der Waals surface area contributed by atoms with Crippen LogP contribution in [0.5, 0.6) is 5.88 Å². The fourth-order valence-electron chi connectivity index (χ4n) is 7.57. The molecule has 2 amide bonds. The third-order valence-electron chi connectivity index (χ3n) is 10.1. The highest BCUT2D eigenvalue weighted by molar-refractivity contribution is 6.07. The summed E-state index contributed by atoms with van der Waals surface area (Å²) in [5.41, 5.74) is -1.12. The predicted octanol–water partition coefficient (Wildman–Crippen LogP) is 6.08. The van der Waals surface area contributed by atoms with Gasteiger partial charge in [0.25, 0.3) is 0 Å². The number of fused-ring (bicyclic) bond motifs is 5. The number of carbonyl (C=O) groups is 5. The summed E-state index contributed by atoms with van der Waals surface area (Å²) in [4.78, 5) is 74.3. The second-order valence-corrected chi connectivity index (χ2v) is 14.9. The van der Waals surface area contributed by atoms with E-state index in [9.17, 15) is 24.0 Å². The van der Waals surface area contributed by atoms with Gasteiger partial charge >= 0.3 is 12.1 Å². The van der Waals surface area contributed by atoms with Crippen LogP contribution in [0.3, 0.4) is 0 Å². The summed E-state index contributed by atoms with van der Waals surface area (Å²) in [5, 5.41) is 5.53. The summed E-state index contributed by atoms with van der Waals surface area (Å²) in [6.45, 7) is 7.19. The molecule has 2 saturated heterocycles. The number of rotatable bonds is 5. The number of carbonyl (C=O) groups excluding carboxylic acids is 5. The van der Waals surface area contributed by atoms with E-state index in [0.29, 0.717) is 44.4 Å². The third kappa shape index (κ3) is 7.61. The minimum absolute atomic E-state index is 0.0501. The third-order valence-corrected chi connectivity index (χ3v) is 10.1. The number of pyridine rings is 1. The van der Waals surface area contributed by atoms with Crippen LogP contribution in [0.1, 0.15) is 85.5 Å². The molecular formula is C39H47N3O8. The zero-order valence-corrected chi connectivity index (χ0v) is 29.4. The maximum absolute atomic E-state index is 14.4. The highest BCUT2D eigenvalue weighted by atomic mass is 16.6. The first-order valence-electron chi connectivity index (χ1n) is 17.8. The van der Waals surface area contributed by atoms with Crippen LogP contribution in [-0.2, 0) is 28.7 Å².